The summed E-state index contributed by atoms with van der Waals surface area (Å²) in [6.45, 7) is 8.18. The van der Waals surface area contributed by atoms with Gasteiger partial charge in [-0.05, 0) is 6.92 Å². The molecule has 2 heterocycles. The second-order valence-corrected chi connectivity index (χ2v) is 3.85. The third kappa shape index (κ3) is 0.485. The van der Waals surface area contributed by atoms with E-state index in [0.717, 1.165) is 6.54 Å². The maximum Gasteiger partial charge on any atom is 0.0356 e. The summed E-state index contributed by atoms with van der Waals surface area (Å²) in [7, 11) is 0. The molecular formula is C7H14N2. The molecule has 0 saturated carbocycles. The van der Waals surface area contributed by atoms with Crippen LogP contribution in [0.2, 0.25) is 0 Å². The molecule has 0 aromatic heterocycles. The van der Waals surface area contributed by atoms with E-state index in [0.29, 0.717) is 11.0 Å². The third-order valence-electron chi connectivity index (χ3n) is 3.19. The molecule has 0 aliphatic carbocycles. The van der Waals surface area contributed by atoms with E-state index in [-0.39, 0.29) is 0 Å². The number of hydrogen-bond donors (Lipinski definition) is 2. The summed E-state index contributed by atoms with van der Waals surface area (Å²) in [5.74, 6) is 0. The SMILES string of the molecule is CC12CNCC1(C)NC2. The van der Waals surface area contributed by atoms with Crippen molar-refractivity contribution < 1.29 is 0 Å². The van der Waals surface area contributed by atoms with Crippen LogP contribution in [0.25, 0.3) is 0 Å². The van der Waals surface area contributed by atoms with Gasteiger partial charge in [-0.15, -0.1) is 0 Å². The second kappa shape index (κ2) is 1.32. The molecule has 2 fully saturated rings. The standard InChI is InChI=1S/C7H14N2/c1-6-3-8-5-7(6,2)9-4-6/h8-9H,3-5H2,1-2H3. The molecule has 2 N–H and O–H groups in total. The number of nitrogens with one attached hydrogen (secondary N) is 2. The van der Waals surface area contributed by atoms with Crippen LogP contribution >= 0.6 is 0 Å². The van der Waals surface area contributed by atoms with E-state index in [1.54, 1.807) is 0 Å². The highest BCUT2D eigenvalue weighted by atomic mass is 15.2. The lowest BCUT2D eigenvalue weighted by Crippen LogP contribution is -2.69. The van der Waals surface area contributed by atoms with Crippen molar-refractivity contribution in [2.24, 2.45) is 5.41 Å². The summed E-state index contributed by atoms with van der Waals surface area (Å²) in [4.78, 5) is 0. The van der Waals surface area contributed by atoms with Crippen molar-refractivity contribution in [3.8, 4) is 0 Å². The van der Waals surface area contributed by atoms with Crippen LogP contribution in [0.1, 0.15) is 13.8 Å². The van der Waals surface area contributed by atoms with Gasteiger partial charge in [0.25, 0.3) is 0 Å². The fourth-order valence-corrected chi connectivity index (χ4v) is 1.81. The third-order valence-corrected chi connectivity index (χ3v) is 3.19. The van der Waals surface area contributed by atoms with E-state index < -0.39 is 0 Å². The van der Waals surface area contributed by atoms with Crippen LogP contribution in [0.5, 0.6) is 0 Å². The maximum atomic E-state index is 3.46. The highest BCUT2D eigenvalue weighted by Gasteiger charge is 2.55. The lowest BCUT2D eigenvalue weighted by Gasteiger charge is -2.51. The minimum atomic E-state index is 0.410. The first-order valence-corrected chi connectivity index (χ1v) is 3.62. The van der Waals surface area contributed by atoms with Crippen molar-refractivity contribution in [3.05, 3.63) is 0 Å². The Morgan fingerprint density at radius 1 is 1.11 bits per heavy atom. The Hall–Kier alpha value is -0.0800. The van der Waals surface area contributed by atoms with E-state index in [2.05, 4.69) is 24.5 Å². The van der Waals surface area contributed by atoms with Crippen LogP contribution in [0.15, 0.2) is 0 Å². The van der Waals surface area contributed by atoms with Crippen LogP contribution < -0.4 is 10.6 Å². The second-order valence-electron chi connectivity index (χ2n) is 3.85. The van der Waals surface area contributed by atoms with Crippen LogP contribution in [0, 0.1) is 5.41 Å². The molecule has 52 valence electrons. The summed E-state index contributed by atoms with van der Waals surface area (Å²) in [6.07, 6.45) is 0. The van der Waals surface area contributed by atoms with E-state index >= 15 is 0 Å². The van der Waals surface area contributed by atoms with Crippen LogP contribution in [-0.4, -0.2) is 25.2 Å². The monoisotopic (exact) mass is 126 g/mol. The lowest BCUT2D eigenvalue weighted by atomic mass is 9.68. The number of hydrogen-bond acceptors (Lipinski definition) is 2. The van der Waals surface area contributed by atoms with Crippen molar-refractivity contribution in [2.75, 3.05) is 19.6 Å². The minimum absolute atomic E-state index is 0.410. The Kier molecular flexibility index (Phi) is 0.837. The molecule has 0 amide bonds. The highest BCUT2D eigenvalue weighted by Crippen LogP contribution is 2.41. The van der Waals surface area contributed by atoms with Gasteiger partial charge in [0.05, 0.1) is 0 Å². The first-order chi connectivity index (χ1) is 4.16. The van der Waals surface area contributed by atoms with Gasteiger partial charge in [-0.1, -0.05) is 6.92 Å². The molecule has 2 heteroatoms. The van der Waals surface area contributed by atoms with Gasteiger partial charge in [0.15, 0.2) is 0 Å². The largest absolute Gasteiger partial charge is 0.314 e. The lowest BCUT2D eigenvalue weighted by molar-refractivity contribution is 0.0682. The van der Waals surface area contributed by atoms with Crippen LogP contribution in [-0.2, 0) is 0 Å². The van der Waals surface area contributed by atoms with Crippen molar-refractivity contribution in [1.29, 1.82) is 0 Å². The smallest absolute Gasteiger partial charge is 0.0356 e. The predicted molar refractivity (Wildman–Crippen MR) is 37.4 cm³/mol. The summed E-state index contributed by atoms with van der Waals surface area (Å²) in [5, 5.41) is 6.86. The van der Waals surface area contributed by atoms with Crippen LogP contribution in [0.3, 0.4) is 0 Å². The van der Waals surface area contributed by atoms with Gasteiger partial charge in [0.1, 0.15) is 0 Å². The van der Waals surface area contributed by atoms with Crippen molar-refractivity contribution in [1.82, 2.24) is 10.6 Å². The summed E-state index contributed by atoms with van der Waals surface area (Å²) >= 11 is 0. The van der Waals surface area contributed by atoms with Gasteiger partial charge >= 0.3 is 0 Å². The molecule has 2 nitrogen and oxygen atoms in total. The molecule has 2 atom stereocenters. The molecule has 0 aromatic rings. The molecule has 2 unspecified atom stereocenters. The predicted octanol–water partition coefficient (Wildman–Crippen LogP) is -0.0422. The topological polar surface area (TPSA) is 24.1 Å². The molecule has 2 aliphatic rings. The van der Waals surface area contributed by atoms with Gasteiger partial charge in [-0.2, -0.15) is 0 Å². The average molecular weight is 126 g/mol. The van der Waals surface area contributed by atoms with Gasteiger partial charge in [-0.3, -0.25) is 0 Å². The van der Waals surface area contributed by atoms with Gasteiger partial charge in [0.2, 0.25) is 0 Å². The number of rotatable bonds is 0. The number of fused-ring (bicyclic) bond motifs is 1. The first-order valence-electron chi connectivity index (χ1n) is 3.62. The zero-order chi connectivity index (χ0) is 6.54. The molecule has 9 heavy (non-hydrogen) atoms. The summed E-state index contributed by atoms with van der Waals surface area (Å²) < 4.78 is 0. The Labute approximate surface area is 56.0 Å². The zero-order valence-corrected chi connectivity index (χ0v) is 6.12. The normalized spacial score (nSPS) is 56.7. The Bertz CT molecular complexity index is 130. The van der Waals surface area contributed by atoms with Crippen molar-refractivity contribution >= 4 is 0 Å². The average Bonchev–Trinajstić information content (AvgIpc) is 1.98. The zero-order valence-electron chi connectivity index (χ0n) is 6.12. The Balaban J connectivity index is 2.26. The molecule has 0 spiro atoms. The van der Waals surface area contributed by atoms with Gasteiger partial charge in [0, 0.05) is 30.6 Å². The summed E-state index contributed by atoms with van der Waals surface area (Å²) in [6, 6.07) is 0. The van der Waals surface area contributed by atoms with E-state index in [9.17, 15) is 0 Å². The first kappa shape index (κ1) is 5.69. The van der Waals surface area contributed by atoms with Gasteiger partial charge < -0.3 is 10.6 Å². The fraction of sp³-hybridized carbons (Fsp3) is 1.00. The summed E-state index contributed by atoms with van der Waals surface area (Å²) in [5.41, 5.74) is 0.958. The molecule has 2 rings (SSSR count). The van der Waals surface area contributed by atoms with E-state index in [1.165, 1.54) is 13.1 Å². The maximum absolute atomic E-state index is 3.46. The van der Waals surface area contributed by atoms with E-state index in [1.807, 2.05) is 0 Å². The van der Waals surface area contributed by atoms with Gasteiger partial charge in [-0.25, -0.2) is 0 Å². The molecular weight excluding hydrogens is 112 g/mol. The van der Waals surface area contributed by atoms with E-state index in [4.69, 9.17) is 0 Å². The van der Waals surface area contributed by atoms with Crippen molar-refractivity contribution in [3.63, 3.8) is 0 Å². The Morgan fingerprint density at radius 2 is 1.89 bits per heavy atom. The molecule has 2 saturated heterocycles. The highest BCUT2D eigenvalue weighted by molar-refractivity contribution is 5.15. The molecule has 2 aliphatic heterocycles. The fourth-order valence-electron chi connectivity index (χ4n) is 1.81. The van der Waals surface area contributed by atoms with Crippen molar-refractivity contribution in [2.45, 2.75) is 19.4 Å². The molecule has 0 radical (unpaired) electrons. The molecule has 0 aromatic carbocycles. The Morgan fingerprint density at radius 3 is 2.11 bits per heavy atom. The minimum Gasteiger partial charge on any atom is -0.314 e. The molecule has 0 bridgehead atoms. The quantitative estimate of drug-likeness (QED) is 0.476. The van der Waals surface area contributed by atoms with Crippen LogP contribution in [0.4, 0.5) is 0 Å².